The number of ether oxygens (including phenoxy) is 1. The molecular weight excluding hydrogens is 230 g/mol. The normalized spacial score (nSPS) is 13.5. The van der Waals surface area contributed by atoms with E-state index in [4.69, 9.17) is 4.74 Å². The van der Waals surface area contributed by atoms with E-state index in [0.717, 1.165) is 12.1 Å². The molecule has 0 fully saturated rings. The van der Waals surface area contributed by atoms with Crippen LogP contribution in [0, 0.1) is 0 Å². The Morgan fingerprint density at radius 2 is 2.22 bits per heavy atom. The van der Waals surface area contributed by atoms with Gasteiger partial charge in [-0.2, -0.15) is 5.10 Å². The van der Waals surface area contributed by atoms with Crippen LogP contribution in [0.2, 0.25) is 0 Å². The molecule has 1 aromatic rings. The number of aryl methyl sites for hydroxylation is 1. The monoisotopic (exact) mass is 255 g/mol. The molecule has 0 bridgehead atoms. The molecule has 1 aromatic heterocycles. The molecule has 1 N–H and O–H groups in total. The lowest BCUT2D eigenvalue weighted by Crippen LogP contribution is -2.38. The van der Waals surface area contributed by atoms with Crippen LogP contribution >= 0.6 is 0 Å². The Bertz CT molecular complexity index is 339. The first-order valence-corrected chi connectivity index (χ1v) is 6.50. The fourth-order valence-electron chi connectivity index (χ4n) is 1.82. The Kier molecular flexibility index (Phi) is 6.32. The zero-order chi connectivity index (χ0) is 13.5. The first-order chi connectivity index (χ1) is 8.52. The predicted molar refractivity (Wildman–Crippen MR) is 71.3 cm³/mol. The van der Waals surface area contributed by atoms with Crippen molar-refractivity contribution in [2.24, 2.45) is 7.05 Å². The molecular formula is C13H25N3O2. The van der Waals surface area contributed by atoms with Crippen LogP contribution in [0.4, 0.5) is 0 Å². The summed E-state index contributed by atoms with van der Waals surface area (Å²) in [6, 6.07) is 0.376. The van der Waals surface area contributed by atoms with Crippen molar-refractivity contribution in [3.8, 4) is 0 Å². The van der Waals surface area contributed by atoms with Crippen molar-refractivity contribution < 1.29 is 9.84 Å². The van der Waals surface area contributed by atoms with Crippen molar-refractivity contribution in [1.82, 2.24) is 14.7 Å². The topological polar surface area (TPSA) is 50.5 Å². The molecule has 0 saturated carbocycles. The summed E-state index contributed by atoms with van der Waals surface area (Å²) in [5.74, 6) is 0. The molecule has 0 aromatic carbocycles. The molecule has 0 saturated heterocycles. The van der Waals surface area contributed by atoms with Gasteiger partial charge in [-0.3, -0.25) is 9.58 Å². The standard InChI is InChI=1S/C13H25N3O2/c1-5-18-10-13(17)9-16(11(2)3)8-12-6-14-15(4)7-12/h6-7,11,13,17H,5,8-10H2,1-4H3/t13-/m1/s1. The van der Waals surface area contributed by atoms with Gasteiger partial charge in [0.05, 0.1) is 18.9 Å². The number of hydrogen-bond acceptors (Lipinski definition) is 4. The molecule has 0 aliphatic rings. The van der Waals surface area contributed by atoms with E-state index in [1.807, 2.05) is 26.4 Å². The first kappa shape index (κ1) is 15.1. The van der Waals surface area contributed by atoms with E-state index in [1.54, 1.807) is 4.68 Å². The molecule has 5 nitrogen and oxygen atoms in total. The maximum Gasteiger partial charge on any atom is 0.0900 e. The summed E-state index contributed by atoms with van der Waals surface area (Å²) in [4.78, 5) is 2.22. The van der Waals surface area contributed by atoms with E-state index in [0.29, 0.717) is 25.8 Å². The SMILES string of the molecule is CCOC[C@H](O)CN(Cc1cnn(C)c1)C(C)C. The van der Waals surface area contributed by atoms with Crippen molar-refractivity contribution in [3.63, 3.8) is 0 Å². The van der Waals surface area contributed by atoms with E-state index in [-0.39, 0.29) is 0 Å². The van der Waals surface area contributed by atoms with E-state index < -0.39 is 6.10 Å². The Labute approximate surface area is 109 Å². The molecule has 0 unspecified atom stereocenters. The number of hydrogen-bond donors (Lipinski definition) is 1. The highest BCUT2D eigenvalue weighted by molar-refractivity contribution is 5.03. The van der Waals surface area contributed by atoms with Gasteiger partial charge in [0.2, 0.25) is 0 Å². The molecule has 1 rings (SSSR count). The quantitative estimate of drug-likeness (QED) is 0.754. The van der Waals surface area contributed by atoms with Crippen molar-refractivity contribution in [1.29, 1.82) is 0 Å². The van der Waals surface area contributed by atoms with E-state index in [2.05, 4.69) is 23.8 Å². The molecule has 1 atom stereocenters. The Hall–Kier alpha value is -0.910. The van der Waals surface area contributed by atoms with E-state index >= 15 is 0 Å². The highest BCUT2D eigenvalue weighted by Crippen LogP contribution is 2.08. The van der Waals surface area contributed by atoms with Gasteiger partial charge in [0, 0.05) is 44.5 Å². The lowest BCUT2D eigenvalue weighted by Gasteiger charge is -2.28. The minimum Gasteiger partial charge on any atom is -0.389 e. The van der Waals surface area contributed by atoms with Crippen LogP contribution in [-0.4, -0.2) is 51.7 Å². The average Bonchev–Trinajstić information content (AvgIpc) is 2.71. The predicted octanol–water partition coefficient (Wildman–Crippen LogP) is 1.03. The van der Waals surface area contributed by atoms with Gasteiger partial charge in [0.15, 0.2) is 0 Å². The number of rotatable bonds is 8. The number of aliphatic hydroxyl groups excluding tert-OH is 1. The van der Waals surface area contributed by atoms with Crippen molar-refractivity contribution in [3.05, 3.63) is 18.0 Å². The van der Waals surface area contributed by atoms with E-state index in [1.165, 1.54) is 0 Å². The molecule has 0 aliphatic carbocycles. The van der Waals surface area contributed by atoms with Crippen LogP contribution in [0.1, 0.15) is 26.3 Å². The third-order valence-electron chi connectivity index (χ3n) is 2.83. The van der Waals surface area contributed by atoms with Crippen molar-refractivity contribution >= 4 is 0 Å². The van der Waals surface area contributed by atoms with Crippen molar-refractivity contribution in [2.45, 2.75) is 39.5 Å². The summed E-state index contributed by atoms with van der Waals surface area (Å²) in [5.41, 5.74) is 1.16. The van der Waals surface area contributed by atoms with Crippen LogP contribution in [-0.2, 0) is 18.3 Å². The minimum absolute atomic E-state index is 0.376. The maximum absolute atomic E-state index is 9.90. The van der Waals surface area contributed by atoms with Gasteiger partial charge in [-0.25, -0.2) is 0 Å². The summed E-state index contributed by atoms with van der Waals surface area (Å²) in [7, 11) is 1.91. The second kappa shape index (κ2) is 7.51. The fourth-order valence-corrected chi connectivity index (χ4v) is 1.82. The van der Waals surface area contributed by atoms with Gasteiger partial charge in [-0.05, 0) is 20.8 Å². The van der Waals surface area contributed by atoms with Crippen LogP contribution in [0.15, 0.2) is 12.4 Å². The lowest BCUT2D eigenvalue weighted by molar-refractivity contribution is 0.0133. The average molecular weight is 255 g/mol. The number of aliphatic hydroxyl groups is 1. The Morgan fingerprint density at radius 3 is 2.72 bits per heavy atom. The van der Waals surface area contributed by atoms with Gasteiger partial charge in [0.25, 0.3) is 0 Å². The zero-order valence-corrected chi connectivity index (χ0v) is 11.8. The van der Waals surface area contributed by atoms with Crippen LogP contribution in [0.25, 0.3) is 0 Å². The third-order valence-corrected chi connectivity index (χ3v) is 2.83. The van der Waals surface area contributed by atoms with Gasteiger partial charge in [0.1, 0.15) is 0 Å². The summed E-state index contributed by atoms with van der Waals surface area (Å²) >= 11 is 0. The second-order valence-corrected chi connectivity index (χ2v) is 4.86. The van der Waals surface area contributed by atoms with Crippen molar-refractivity contribution in [2.75, 3.05) is 19.8 Å². The summed E-state index contributed by atoms with van der Waals surface area (Å²) in [6.07, 6.45) is 3.43. The third kappa shape index (κ3) is 5.16. The fraction of sp³-hybridized carbons (Fsp3) is 0.769. The maximum atomic E-state index is 9.90. The Balaban J connectivity index is 2.49. The molecule has 18 heavy (non-hydrogen) atoms. The molecule has 0 radical (unpaired) electrons. The van der Waals surface area contributed by atoms with Crippen LogP contribution in [0.3, 0.4) is 0 Å². The highest BCUT2D eigenvalue weighted by atomic mass is 16.5. The first-order valence-electron chi connectivity index (χ1n) is 6.50. The minimum atomic E-state index is -0.441. The number of aromatic nitrogens is 2. The zero-order valence-electron chi connectivity index (χ0n) is 11.8. The molecule has 0 spiro atoms. The smallest absolute Gasteiger partial charge is 0.0900 e. The molecule has 5 heteroatoms. The second-order valence-electron chi connectivity index (χ2n) is 4.86. The van der Waals surface area contributed by atoms with Crippen LogP contribution < -0.4 is 0 Å². The molecule has 104 valence electrons. The lowest BCUT2D eigenvalue weighted by atomic mass is 10.2. The van der Waals surface area contributed by atoms with E-state index in [9.17, 15) is 5.11 Å². The van der Waals surface area contributed by atoms with Gasteiger partial charge >= 0.3 is 0 Å². The molecule has 0 amide bonds. The summed E-state index contributed by atoms with van der Waals surface area (Å²) in [6.45, 7) is 8.64. The van der Waals surface area contributed by atoms with Gasteiger partial charge < -0.3 is 9.84 Å². The molecule has 1 heterocycles. The highest BCUT2D eigenvalue weighted by Gasteiger charge is 2.15. The van der Waals surface area contributed by atoms with Gasteiger partial charge in [-0.15, -0.1) is 0 Å². The van der Waals surface area contributed by atoms with Crippen LogP contribution in [0.5, 0.6) is 0 Å². The number of nitrogens with zero attached hydrogens (tertiary/aromatic N) is 3. The summed E-state index contributed by atoms with van der Waals surface area (Å²) < 4.78 is 7.03. The molecule has 0 aliphatic heterocycles. The Morgan fingerprint density at radius 1 is 1.50 bits per heavy atom. The van der Waals surface area contributed by atoms with Gasteiger partial charge in [-0.1, -0.05) is 0 Å². The summed E-state index contributed by atoms with van der Waals surface area (Å²) in [5, 5.41) is 14.1. The largest absolute Gasteiger partial charge is 0.389 e.